The lowest BCUT2D eigenvalue weighted by Crippen LogP contribution is -2.36. The smallest absolute Gasteiger partial charge is 0.246 e. The molecule has 0 bridgehead atoms. The van der Waals surface area contributed by atoms with Crippen LogP contribution in [-0.4, -0.2) is 48.7 Å². The van der Waals surface area contributed by atoms with Crippen molar-refractivity contribution in [3.63, 3.8) is 0 Å². The van der Waals surface area contributed by atoms with Crippen LogP contribution in [0.5, 0.6) is 0 Å². The number of aromatic amines is 1. The average molecular weight is 259 g/mol. The largest absolute Gasteiger partial charge is 0.377 e. The van der Waals surface area contributed by atoms with E-state index < -0.39 is 10.0 Å². The van der Waals surface area contributed by atoms with Gasteiger partial charge < -0.3 is 4.74 Å². The third-order valence-electron chi connectivity index (χ3n) is 2.82. The summed E-state index contributed by atoms with van der Waals surface area (Å²) < 4.78 is 31.7. The highest BCUT2D eigenvalue weighted by Crippen LogP contribution is 2.20. The zero-order valence-electron chi connectivity index (χ0n) is 10.0. The number of rotatable bonds is 2. The standard InChI is InChI=1S/C10H17N3O3S/c1-8-7-13(4-3-5-16-8)17(14,15)10-6-11-12-9(10)2/h6,8H,3-5,7H2,1-2H3,(H,11,12). The van der Waals surface area contributed by atoms with Gasteiger partial charge in [-0.3, -0.25) is 5.10 Å². The van der Waals surface area contributed by atoms with Crippen LogP contribution in [0.3, 0.4) is 0 Å². The molecular formula is C10H17N3O3S. The summed E-state index contributed by atoms with van der Waals surface area (Å²) in [6.07, 6.45) is 2.01. The van der Waals surface area contributed by atoms with Gasteiger partial charge in [0.05, 0.1) is 18.0 Å². The van der Waals surface area contributed by atoms with Crippen LogP contribution in [0.4, 0.5) is 0 Å². The van der Waals surface area contributed by atoms with E-state index in [1.54, 1.807) is 6.92 Å². The van der Waals surface area contributed by atoms with Crippen LogP contribution in [-0.2, 0) is 14.8 Å². The van der Waals surface area contributed by atoms with Gasteiger partial charge in [0.2, 0.25) is 10.0 Å². The molecule has 0 amide bonds. The van der Waals surface area contributed by atoms with Gasteiger partial charge in [-0.25, -0.2) is 8.42 Å². The molecule has 0 aromatic carbocycles. The number of nitrogens with one attached hydrogen (secondary N) is 1. The molecule has 2 rings (SSSR count). The van der Waals surface area contributed by atoms with Crippen LogP contribution in [0.15, 0.2) is 11.1 Å². The fourth-order valence-electron chi connectivity index (χ4n) is 1.91. The molecule has 1 fully saturated rings. The Labute approximate surface area is 101 Å². The van der Waals surface area contributed by atoms with Gasteiger partial charge in [-0.15, -0.1) is 0 Å². The van der Waals surface area contributed by atoms with E-state index in [9.17, 15) is 8.42 Å². The SMILES string of the molecule is Cc1[nH]ncc1S(=O)(=O)N1CCCOC(C)C1. The lowest BCUT2D eigenvalue weighted by Gasteiger charge is -2.21. The van der Waals surface area contributed by atoms with Crippen molar-refractivity contribution >= 4 is 10.0 Å². The number of aromatic nitrogens is 2. The number of sulfonamides is 1. The van der Waals surface area contributed by atoms with Crippen molar-refractivity contribution in [3.05, 3.63) is 11.9 Å². The fourth-order valence-corrected chi connectivity index (χ4v) is 3.59. The molecule has 6 nitrogen and oxygen atoms in total. The number of aryl methyl sites for hydroxylation is 1. The van der Waals surface area contributed by atoms with Crippen LogP contribution in [0.1, 0.15) is 19.0 Å². The maximum atomic E-state index is 12.4. The second-order valence-corrected chi connectivity index (χ2v) is 6.16. The van der Waals surface area contributed by atoms with E-state index >= 15 is 0 Å². The van der Waals surface area contributed by atoms with Crippen molar-refractivity contribution in [3.8, 4) is 0 Å². The van der Waals surface area contributed by atoms with E-state index in [1.165, 1.54) is 10.5 Å². The van der Waals surface area contributed by atoms with Crippen LogP contribution in [0.25, 0.3) is 0 Å². The molecule has 1 aromatic heterocycles. The highest BCUT2D eigenvalue weighted by molar-refractivity contribution is 7.89. The average Bonchev–Trinajstić information content (AvgIpc) is 2.57. The van der Waals surface area contributed by atoms with Gasteiger partial charge in [0.25, 0.3) is 0 Å². The first-order chi connectivity index (χ1) is 8.01. The molecule has 0 spiro atoms. The summed E-state index contributed by atoms with van der Waals surface area (Å²) in [6.45, 7) is 5.09. The Kier molecular flexibility index (Phi) is 3.50. The van der Waals surface area contributed by atoms with Crippen molar-refractivity contribution in [2.24, 2.45) is 0 Å². The summed E-state index contributed by atoms with van der Waals surface area (Å²) in [6, 6.07) is 0. The minimum absolute atomic E-state index is 0.0699. The second-order valence-electron chi connectivity index (χ2n) is 4.26. The van der Waals surface area contributed by atoms with Gasteiger partial charge >= 0.3 is 0 Å². The summed E-state index contributed by atoms with van der Waals surface area (Å²) >= 11 is 0. The van der Waals surface area contributed by atoms with E-state index in [-0.39, 0.29) is 11.0 Å². The minimum Gasteiger partial charge on any atom is -0.377 e. The van der Waals surface area contributed by atoms with E-state index in [0.29, 0.717) is 25.4 Å². The Morgan fingerprint density at radius 2 is 2.35 bits per heavy atom. The zero-order chi connectivity index (χ0) is 12.5. The normalized spacial score (nSPS) is 23.5. The molecule has 1 aliphatic rings. The molecule has 1 aromatic rings. The van der Waals surface area contributed by atoms with Gasteiger partial charge in [-0.2, -0.15) is 9.40 Å². The van der Waals surface area contributed by atoms with Gasteiger partial charge in [-0.1, -0.05) is 0 Å². The Bertz CT molecular complexity index is 483. The number of ether oxygens (including phenoxy) is 1. The topological polar surface area (TPSA) is 75.3 Å². The fraction of sp³-hybridized carbons (Fsp3) is 0.700. The number of H-pyrrole nitrogens is 1. The van der Waals surface area contributed by atoms with Gasteiger partial charge in [0, 0.05) is 19.7 Å². The number of hydrogen-bond donors (Lipinski definition) is 1. The van der Waals surface area contributed by atoms with Crippen molar-refractivity contribution in [1.29, 1.82) is 0 Å². The predicted octanol–water partition coefficient (Wildman–Crippen LogP) is 0.518. The predicted molar refractivity (Wildman–Crippen MR) is 62.1 cm³/mol. The Morgan fingerprint density at radius 1 is 1.59 bits per heavy atom. The van der Waals surface area contributed by atoms with E-state index in [2.05, 4.69) is 10.2 Å². The summed E-state index contributed by atoms with van der Waals surface area (Å²) in [5, 5.41) is 6.42. The molecule has 1 aliphatic heterocycles. The minimum atomic E-state index is -3.45. The third kappa shape index (κ3) is 2.51. The molecule has 1 unspecified atom stereocenters. The zero-order valence-corrected chi connectivity index (χ0v) is 10.8. The lowest BCUT2D eigenvalue weighted by molar-refractivity contribution is 0.0752. The molecule has 1 N–H and O–H groups in total. The molecule has 2 heterocycles. The van der Waals surface area contributed by atoms with Gasteiger partial charge in [0.1, 0.15) is 4.90 Å². The Morgan fingerprint density at radius 3 is 3.00 bits per heavy atom. The molecule has 1 atom stereocenters. The van der Waals surface area contributed by atoms with Crippen LogP contribution in [0.2, 0.25) is 0 Å². The van der Waals surface area contributed by atoms with E-state index in [0.717, 1.165) is 6.42 Å². The van der Waals surface area contributed by atoms with E-state index in [4.69, 9.17) is 4.74 Å². The van der Waals surface area contributed by atoms with Crippen LogP contribution >= 0.6 is 0 Å². The van der Waals surface area contributed by atoms with Crippen molar-refractivity contribution in [2.45, 2.75) is 31.3 Å². The monoisotopic (exact) mass is 259 g/mol. The maximum absolute atomic E-state index is 12.4. The van der Waals surface area contributed by atoms with Crippen LogP contribution in [0, 0.1) is 6.92 Å². The highest BCUT2D eigenvalue weighted by atomic mass is 32.2. The van der Waals surface area contributed by atoms with Gasteiger partial charge in [-0.05, 0) is 20.3 Å². The second kappa shape index (κ2) is 4.75. The van der Waals surface area contributed by atoms with Crippen molar-refractivity contribution in [2.75, 3.05) is 19.7 Å². The maximum Gasteiger partial charge on any atom is 0.246 e. The molecule has 7 heteroatoms. The number of nitrogens with zero attached hydrogens (tertiary/aromatic N) is 2. The highest BCUT2D eigenvalue weighted by Gasteiger charge is 2.29. The van der Waals surface area contributed by atoms with Crippen LogP contribution < -0.4 is 0 Å². The molecule has 1 saturated heterocycles. The third-order valence-corrected chi connectivity index (χ3v) is 4.80. The summed E-state index contributed by atoms with van der Waals surface area (Å²) in [7, 11) is -3.45. The van der Waals surface area contributed by atoms with Crippen molar-refractivity contribution in [1.82, 2.24) is 14.5 Å². The summed E-state index contributed by atoms with van der Waals surface area (Å²) in [4.78, 5) is 0.256. The first kappa shape index (κ1) is 12.5. The Balaban J connectivity index is 2.29. The molecule has 0 radical (unpaired) electrons. The van der Waals surface area contributed by atoms with Crippen molar-refractivity contribution < 1.29 is 13.2 Å². The summed E-state index contributed by atoms with van der Waals surface area (Å²) in [5.41, 5.74) is 0.572. The molecule has 0 aliphatic carbocycles. The van der Waals surface area contributed by atoms with Gasteiger partial charge in [0.15, 0.2) is 0 Å². The lowest BCUT2D eigenvalue weighted by atomic mass is 10.4. The molecule has 96 valence electrons. The first-order valence-corrected chi connectivity index (χ1v) is 7.07. The molecule has 17 heavy (non-hydrogen) atoms. The quantitative estimate of drug-likeness (QED) is 0.840. The first-order valence-electron chi connectivity index (χ1n) is 5.63. The number of hydrogen-bond acceptors (Lipinski definition) is 4. The molecule has 0 saturated carbocycles. The molecular weight excluding hydrogens is 242 g/mol. The Hall–Kier alpha value is -0.920. The summed E-state index contributed by atoms with van der Waals surface area (Å²) in [5.74, 6) is 0. The van der Waals surface area contributed by atoms with E-state index in [1.807, 2.05) is 6.92 Å².